The van der Waals surface area contributed by atoms with Crippen LogP contribution in [0.2, 0.25) is 0 Å². The Bertz CT molecular complexity index is 561. The molecule has 2 nitrogen and oxygen atoms in total. The lowest BCUT2D eigenvalue weighted by Gasteiger charge is -2.17. The minimum absolute atomic E-state index is 0.257. The summed E-state index contributed by atoms with van der Waals surface area (Å²) in [5.74, 6) is -0.0563. The molecule has 0 aliphatic heterocycles. The van der Waals surface area contributed by atoms with Gasteiger partial charge >= 0.3 is 5.97 Å². The van der Waals surface area contributed by atoms with E-state index in [2.05, 4.69) is 30.8 Å². The smallest absolute Gasteiger partial charge is 0.333 e. The van der Waals surface area contributed by atoms with Crippen LogP contribution in [0.1, 0.15) is 18.1 Å². The van der Waals surface area contributed by atoms with Crippen molar-refractivity contribution < 1.29 is 9.53 Å². The van der Waals surface area contributed by atoms with E-state index in [-0.39, 0.29) is 11.9 Å². The van der Waals surface area contributed by atoms with Crippen molar-refractivity contribution in [3.05, 3.63) is 83.9 Å². The Labute approximate surface area is 132 Å². The number of hydrogen-bond donors (Lipinski definition) is 0. The molecule has 0 atom stereocenters. The molecule has 0 unspecified atom stereocenters. The lowest BCUT2D eigenvalue weighted by atomic mass is 9.93. The molecule has 2 rings (SSSR count). The van der Waals surface area contributed by atoms with Gasteiger partial charge in [0.1, 0.15) is 0 Å². The van der Waals surface area contributed by atoms with Gasteiger partial charge in [0.2, 0.25) is 0 Å². The lowest BCUT2D eigenvalue weighted by molar-refractivity contribution is -0.140. The Balaban J connectivity index is 2.03. The van der Waals surface area contributed by atoms with E-state index in [0.717, 1.165) is 12.8 Å². The van der Waals surface area contributed by atoms with Gasteiger partial charge in [-0.05, 0) is 30.9 Å². The first-order chi connectivity index (χ1) is 10.6. The van der Waals surface area contributed by atoms with E-state index in [1.165, 1.54) is 11.1 Å². The predicted octanol–water partition coefficient (Wildman–Crippen LogP) is 4.21. The van der Waals surface area contributed by atoms with E-state index in [1.807, 2.05) is 36.4 Å². The molecule has 0 bridgehead atoms. The normalized spacial score (nSPS) is 10.5. The van der Waals surface area contributed by atoms with E-state index in [1.54, 1.807) is 6.92 Å². The van der Waals surface area contributed by atoms with Gasteiger partial charge in [-0.2, -0.15) is 0 Å². The monoisotopic (exact) mass is 294 g/mol. The first-order valence-electron chi connectivity index (χ1n) is 7.55. The zero-order chi connectivity index (χ0) is 15.8. The second kappa shape index (κ2) is 8.18. The van der Waals surface area contributed by atoms with Crippen LogP contribution in [0.5, 0.6) is 0 Å². The predicted molar refractivity (Wildman–Crippen MR) is 89.6 cm³/mol. The molecule has 0 amide bonds. The number of rotatable bonds is 7. The maximum absolute atomic E-state index is 11.6. The average Bonchev–Trinajstić information content (AvgIpc) is 2.54. The molecular formula is C20H22O2. The topological polar surface area (TPSA) is 26.3 Å². The van der Waals surface area contributed by atoms with Crippen LogP contribution in [0, 0.1) is 5.92 Å². The summed E-state index contributed by atoms with van der Waals surface area (Å²) in [4.78, 5) is 11.6. The molecule has 0 saturated heterocycles. The molecule has 22 heavy (non-hydrogen) atoms. The van der Waals surface area contributed by atoms with E-state index in [4.69, 9.17) is 4.74 Å². The molecule has 0 radical (unpaired) electrons. The Hall–Kier alpha value is -2.35. The Morgan fingerprint density at radius 1 is 0.955 bits per heavy atom. The summed E-state index contributed by atoms with van der Waals surface area (Å²) >= 11 is 0. The second-order valence-corrected chi connectivity index (χ2v) is 5.62. The molecule has 0 fully saturated rings. The molecule has 2 aromatic rings. The molecule has 0 saturated carbocycles. The van der Waals surface area contributed by atoms with Crippen molar-refractivity contribution in [1.82, 2.24) is 0 Å². The van der Waals surface area contributed by atoms with Gasteiger partial charge in [-0.15, -0.1) is 0 Å². The standard InChI is InChI=1S/C20H22O2/c1-16(2)20(21)22-15-19(13-17-9-5-3-6-10-17)14-18-11-7-4-8-12-18/h3-12,19H,1,13-15H2,2H3. The number of benzene rings is 2. The molecule has 0 N–H and O–H groups in total. The summed E-state index contributed by atoms with van der Waals surface area (Å²) < 4.78 is 5.37. The van der Waals surface area contributed by atoms with E-state index >= 15 is 0 Å². The minimum atomic E-state index is -0.314. The highest BCUT2D eigenvalue weighted by Gasteiger charge is 2.14. The van der Waals surface area contributed by atoms with Gasteiger partial charge in [-0.1, -0.05) is 67.2 Å². The highest BCUT2D eigenvalue weighted by Crippen LogP contribution is 2.16. The summed E-state index contributed by atoms with van der Waals surface area (Å²) in [5.41, 5.74) is 2.96. The zero-order valence-corrected chi connectivity index (χ0v) is 13.0. The molecule has 2 heteroatoms. The van der Waals surface area contributed by atoms with Crippen LogP contribution < -0.4 is 0 Å². The Morgan fingerprint density at radius 2 is 1.41 bits per heavy atom. The van der Waals surface area contributed by atoms with Gasteiger partial charge in [-0.25, -0.2) is 4.79 Å². The number of hydrogen-bond acceptors (Lipinski definition) is 2. The van der Waals surface area contributed by atoms with Crippen LogP contribution in [0.4, 0.5) is 0 Å². The van der Waals surface area contributed by atoms with Gasteiger partial charge in [-0.3, -0.25) is 0 Å². The summed E-state index contributed by atoms with van der Waals surface area (Å²) in [5, 5.41) is 0. The van der Waals surface area contributed by atoms with Gasteiger partial charge < -0.3 is 4.74 Å². The SMILES string of the molecule is C=C(C)C(=O)OCC(Cc1ccccc1)Cc1ccccc1. The highest BCUT2D eigenvalue weighted by molar-refractivity contribution is 5.86. The molecule has 0 heterocycles. The fraction of sp³-hybridized carbons (Fsp3) is 0.250. The summed E-state index contributed by atoms with van der Waals surface area (Å²) in [6.45, 7) is 5.71. The van der Waals surface area contributed by atoms with Crippen LogP contribution in [-0.2, 0) is 22.4 Å². The zero-order valence-electron chi connectivity index (χ0n) is 13.0. The maximum Gasteiger partial charge on any atom is 0.333 e. The van der Waals surface area contributed by atoms with Crippen molar-refractivity contribution >= 4 is 5.97 Å². The van der Waals surface area contributed by atoms with Gasteiger partial charge in [0.25, 0.3) is 0 Å². The molecule has 0 aliphatic carbocycles. The van der Waals surface area contributed by atoms with E-state index in [0.29, 0.717) is 12.2 Å². The van der Waals surface area contributed by atoms with Crippen LogP contribution >= 0.6 is 0 Å². The van der Waals surface area contributed by atoms with Crippen LogP contribution in [-0.4, -0.2) is 12.6 Å². The third-order valence-corrected chi connectivity index (χ3v) is 3.53. The minimum Gasteiger partial charge on any atom is -0.462 e. The largest absolute Gasteiger partial charge is 0.462 e. The van der Waals surface area contributed by atoms with E-state index < -0.39 is 0 Å². The van der Waals surface area contributed by atoms with Crippen molar-refractivity contribution in [3.8, 4) is 0 Å². The van der Waals surface area contributed by atoms with Crippen molar-refractivity contribution in [2.75, 3.05) is 6.61 Å². The summed E-state index contributed by atoms with van der Waals surface area (Å²) in [6, 6.07) is 20.6. The average molecular weight is 294 g/mol. The molecular weight excluding hydrogens is 272 g/mol. The van der Waals surface area contributed by atoms with Gasteiger partial charge in [0, 0.05) is 11.5 Å². The van der Waals surface area contributed by atoms with Crippen molar-refractivity contribution in [1.29, 1.82) is 0 Å². The molecule has 0 spiro atoms. The first kappa shape index (κ1) is 16.0. The molecule has 0 aliphatic rings. The van der Waals surface area contributed by atoms with Crippen LogP contribution in [0.15, 0.2) is 72.8 Å². The fourth-order valence-electron chi connectivity index (χ4n) is 2.40. The number of ether oxygens (including phenoxy) is 1. The van der Waals surface area contributed by atoms with Crippen LogP contribution in [0.3, 0.4) is 0 Å². The van der Waals surface area contributed by atoms with E-state index in [9.17, 15) is 4.79 Å². The highest BCUT2D eigenvalue weighted by atomic mass is 16.5. The lowest BCUT2D eigenvalue weighted by Crippen LogP contribution is -2.19. The van der Waals surface area contributed by atoms with Gasteiger partial charge in [0.05, 0.1) is 6.61 Å². The van der Waals surface area contributed by atoms with Crippen molar-refractivity contribution in [3.63, 3.8) is 0 Å². The van der Waals surface area contributed by atoms with Crippen LogP contribution in [0.25, 0.3) is 0 Å². The number of esters is 1. The maximum atomic E-state index is 11.6. The number of carbonyl (C=O) groups excluding carboxylic acids is 1. The quantitative estimate of drug-likeness (QED) is 0.565. The second-order valence-electron chi connectivity index (χ2n) is 5.62. The number of carbonyl (C=O) groups is 1. The Morgan fingerprint density at radius 3 is 1.82 bits per heavy atom. The van der Waals surface area contributed by atoms with Gasteiger partial charge in [0.15, 0.2) is 0 Å². The molecule has 114 valence electrons. The van der Waals surface area contributed by atoms with Crippen molar-refractivity contribution in [2.24, 2.45) is 5.92 Å². The molecule has 2 aromatic carbocycles. The summed E-state index contributed by atoms with van der Waals surface area (Å²) in [7, 11) is 0. The third-order valence-electron chi connectivity index (χ3n) is 3.53. The third kappa shape index (κ3) is 5.21. The summed E-state index contributed by atoms with van der Waals surface area (Å²) in [6.07, 6.45) is 1.78. The first-order valence-corrected chi connectivity index (χ1v) is 7.55. The molecule has 0 aromatic heterocycles. The van der Waals surface area contributed by atoms with Crippen molar-refractivity contribution in [2.45, 2.75) is 19.8 Å². The fourth-order valence-corrected chi connectivity index (χ4v) is 2.40. The Kier molecular flexibility index (Phi) is 5.96.